The van der Waals surface area contributed by atoms with Crippen molar-refractivity contribution in [2.24, 2.45) is 16.1 Å². The van der Waals surface area contributed by atoms with Crippen molar-refractivity contribution in [3.63, 3.8) is 0 Å². The predicted molar refractivity (Wildman–Crippen MR) is 197 cm³/mol. The number of alkyl carbamates (subject to hydrolysis) is 1. The van der Waals surface area contributed by atoms with Crippen LogP contribution in [0.15, 0.2) is 59.2 Å². The average molecular weight is 722 g/mol. The Morgan fingerprint density at radius 2 is 1.86 bits per heavy atom. The molecule has 1 saturated heterocycles. The summed E-state index contributed by atoms with van der Waals surface area (Å²) >= 11 is 0. The SMILES string of the molecule is Cc1cn(COCC[Si](C)(C)C)c2nccc(Oc3ccc(C[C@H](NC(=O)OC(C)(C)C)C(=O)N4CCN(CC5C=CN=NC5)CC4)cc3F)c12. The minimum atomic E-state index is -1.21. The molecule has 1 N–H and O–H groups in total. The Balaban J connectivity index is 1.26. The maximum atomic E-state index is 15.7. The molecule has 2 amide bonds. The molecule has 2 aliphatic heterocycles. The van der Waals surface area contributed by atoms with Crippen molar-refractivity contribution in [3.05, 3.63) is 65.9 Å². The number of piperazine rings is 1. The molecule has 0 spiro atoms. The molecule has 12 nitrogen and oxygen atoms in total. The first-order valence-electron chi connectivity index (χ1n) is 17.7. The summed E-state index contributed by atoms with van der Waals surface area (Å²) < 4.78 is 35.2. The number of halogens is 1. The Morgan fingerprint density at radius 3 is 2.53 bits per heavy atom. The van der Waals surface area contributed by atoms with E-state index in [4.69, 9.17) is 14.2 Å². The van der Waals surface area contributed by atoms with Crippen LogP contribution in [0.3, 0.4) is 0 Å². The van der Waals surface area contributed by atoms with E-state index in [2.05, 4.69) is 51.1 Å². The summed E-state index contributed by atoms with van der Waals surface area (Å²) in [6.07, 6.45) is 6.76. The van der Waals surface area contributed by atoms with Gasteiger partial charge in [0.2, 0.25) is 5.91 Å². The zero-order chi connectivity index (χ0) is 36.8. The van der Waals surface area contributed by atoms with Crippen molar-refractivity contribution < 1.29 is 28.2 Å². The molecule has 2 aromatic heterocycles. The molecular formula is C37H52FN7O5Si. The number of fused-ring (bicyclic) bond motifs is 1. The van der Waals surface area contributed by atoms with Gasteiger partial charge in [0.15, 0.2) is 11.6 Å². The fourth-order valence-electron chi connectivity index (χ4n) is 6.11. The van der Waals surface area contributed by atoms with Gasteiger partial charge in [-0.25, -0.2) is 14.2 Å². The number of nitrogens with zero attached hydrogens (tertiary/aromatic N) is 6. The number of azo groups is 1. The monoisotopic (exact) mass is 721 g/mol. The van der Waals surface area contributed by atoms with Gasteiger partial charge in [-0.15, -0.1) is 0 Å². The first-order chi connectivity index (χ1) is 24.1. The van der Waals surface area contributed by atoms with Gasteiger partial charge in [-0.1, -0.05) is 31.8 Å². The third-order valence-corrected chi connectivity index (χ3v) is 10.5. The maximum Gasteiger partial charge on any atom is 0.408 e. The van der Waals surface area contributed by atoms with Gasteiger partial charge in [0.1, 0.15) is 29.8 Å². The van der Waals surface area contributed by atoms with Gasteiger partial charge in [0.05, 0.1) is 11.9 Å². The Labute approximate surface area is 301 Å². The van der Waals surface area contributed by atoms with E-state index in [9.17, 15) is 9.59 Å². The lowest BCUT2D eigenvalue weighted by atomic mass is 10.0. The van der Waals surface area contributed by atoms with Crippen molar-refractivity contribution >= 4 is 31.1 Å². The molecule has 4 heterocycles. The van der Waals surface area contributed by atoms with E-state index in [0.29, 0.717) is 68.9 Å². The molecule has 5 rings (SSSR count). The maximum absolute atomic E-state index is 15.7. The molecule has 0 saturated carbocycles. The minimum absolute atomic E-state index is 0.0400. The fraction of sp³-hybridized carbons (Fsp3) is 0.541. The molecular weight excluding hydrogens is 670 g/mol. The number of aromatic nitrogens is 2. The number of ether oxygens (including phenoxy) is 3. The van der Waals surface area contributed by atoms with Gasteiger partial charge in [0, 0.05) is 78.3 Å². The summed E-state index contributed by atoms with van der Waals surface area (Å²) in [7, 11) is -1.21. The lowest BCUT2D eigenvalue weighted by Gasteiger charge is -2.37. The highest BCUT2D eigenvalue weighted by atomic mass is 28.3. The number of benzene rings is 1. The first kappa shape index (κ1) is 38.1. The second kappa shape index (κ2) is 16.5. The number of aryl methyl sites for hydroxylation is 1. The van der Waals surface area contributed by atoms with Gasteiger partial charge < -0.3 is 29.0 Å². The lowest BCUT2D eigenvalue weighted by Crippen LogP contribution is -2.56. The first-order valence-corrected chi connectivity index (χ1v) is 21.4. The van der Waals surface area contributed by atoms with Gasteiger partial charge in [-0.3, -0.25) is 9.69 Å². The highest BCUT2D eigenvalue weighted by Gasteiger charge is 2.31. The summed E-state index contributed by atoms with van der Waals surface area (Å²) in [4.78, 5) is 35.3. The van der Waals surface area contributed by atoms with Crippen LogP contribution in [0.2, 0.25) is 25.7 Å². The average Bonchev–Trinajstić information content (AvgIpc) is 3.39. The molecule has 3 aromatic rings. The van der Waals surface area contributed by atoms with Crippen LogP contribution < -0.4 is 10.1 Å². The van der Waals surface area contributed by atoms with Crippen LogP contribution in [-0.4, -0.2) is 96.9 Å². The van der Waals surface area contributed by atoms with Crippen LogP contribution >= 0.6 is 0 Å². The molecule has 0 bridgehead atoms. The second-order valence-corrected chi connectivity index (χ2v) is 21.2. The Hall–Kier alpha value is -4.14. The van der Waals surface area contributed by atoms with E-state index in [1.165, 1.54) is 6.07 Å². The van der Waals surface area contributed by atoms with Gasteiger partial charge in [-0.05, 0) is 63.1 Å². The number of rotatable bonds is 13. The van der Waals surface area contributed by atoms with E-state index in [1.807, 2.05) is 17.7 Å². The standard InChI is InChI=1S/C37H52FN7O5Si/c1-26-23-45(25-48-18-19-51(5,6)7)34-33(26)32(11-12-39-34)49-31-9-8-27(20-29(31)38)21-30(42-36(47)50-37(2,3)4)35(46)44-16-14-43(15-17-44)24-28-10-13-40-41-22-28/h8-13,20,23,28,30H,14-19,21-22,24-25H2,1-7H3,(H,42,47)/t28?,30-/m0/s1. The number of carbonyl (C=O) groups is 2. The number of pyridine rings is 1. The smallest absolute Gasteiger partial charge is 0.408 e. The number of amides is 2. The Morgan fingerprint density at radius 1 is 1.10 bits per heavy atom. The minimum Gasteiger partial charge on any atom is -0.453 e. The zero-order valence-corrected chi connectivity index (χ0v) is 31.9. The zero-order valence-electron chi connectivity index (χ0n) is 30.9. The van der Waals surface area contributed by atoms with E-state index < -0.39 is 31.6 Å². The quantitative estimate of drug-likeness (QED) is 0.153. The molecule has 1 aromatic carbocycles. The van der Waals surface area contributed by atoms with Crippen molar-refractivity contribution in [2.75, 3.05) is 45.9 Å². The van der Waals surface area contributed by atoms with Crippen LogP contribution in [0.1, 0.15) is 31.9 Å². The highest BCUT2D eigenvalue weighted by Crippen LogP contribution is 2.34. The van der Waals surface area contributed by atoms with Crippen molar-refractivity contribution in [3.8, 4) is 11.5 Å². The van der Waals surface area contributed by atoms with E-state index in [-0.39, 0.29) is 18.1 Å². The Bertz CT molecular complexity index is 1740. The molecule has 2 atom stereocenters. The fourth-order valence-corrected chi connectivity index (χ4v) is 6.86. The molecule has 0 radical (unpaired) electrons. The van der Waals surface area contributed by atoms with Crippen LogP contribution in [-0.2, 0) is 27.4 Å². The molecule has 276 valence electrons. The predicted octanol–water partition coefficient (Wildman–Crippen LogP) is 6.76. The number of nitrogens with one attached hydrogen (secondary N) is 1. The number of hydrogen-bond donors (Lipinski definition) is 1. The van der Waals surface area contributed by atoms with E-state index >= 15 is 4.39 Å². The van der Waals surface area contributed by atoms with Crippen LogP contribution in [0.5, 0.6) is 11.5 Å². The highest BCUT2D eigenvalue weighted by molar-refractivity contribution is 6.76. The summed E-state index contributed by atoms with van der Waals surface area (Å²) in [6.45, 7) is 19.2. The number of carbonyl (C=O) groups excluding carboxylic acids is 2. The van der Waals surface area contributed by atoms with Crippen molar-refractivity contribution in [2.45, 2.75) is 78.2 Å². The summed E-state index contributed by atoms with van der Waals surface area (Å²) in [6, 6.07) is 6.45. The van der Waals surface area contributed by atoms with Crippen molar-refractivity contribution in [1.82, 2.24) is 24.7 Å². The summed E-state index contributed by atoms with van der Waals surface area (Å²) in [5.41, 5.74) is 1.41. The van der Waals surface area contributed by atoms with E-state index in [1.54, 1.807) is 56.3 Å². The molecule has 51 heavy (non-hydrogen) atoms. The van der Waals surface area contributed by atoms with Gasteiger partial charge >= 0.3 is 6.09 Å². The largest absolute Gasteiger partial charge is 0.453 e. The lowest BCUT2D eigenvalue weighted by molar-refractivity contribution is -0.135. The third kappa shape index (κ3) is 10.9. The van der Waals surface area contributed by atoms with Crippen LogP contribution in [0.25, 0.3) is 11.0 Å². The molecule has 14 heteroatoms. The number of hydrogen-bond acceptors (Lipinski definition) is 9. The van der Waals surface area contributed by atoms with E-state index in [0.717, 1.165) is 23.5 Å². The third-order valence-electron chi connectivity index (χ3n) is 8.78. The topological polar surface area (TPSA) is 123 Å². The second-order valence-electron chi connectivity index (χ2n) is 15.6. The normalized spacial score (nSPS) is 17.5. The molecule has 1 unspecified atom stereocenters. The Kier molecular flexibility index (Phi) is 12.3. The summed E-state index contributed by atoms with van der Waals surface area (Å²) in [5, 5.41) is 11.5. The molecule has 0 aliphatic carbocycles. The van der Waals surface area contributed by atoms with Crippen LogP contribution in [0, 0.1) is 18.7 Å². The van der Waals surface area contributed by atoms with Gasteiger partial charge in [-0.2, -0.15) is 10.2 Å². The van der Waals surface area contributed by atoms with Gasteiger partial charge in [0.25, 0.3) is 0 Å². The summed E-state index contributed by atoms with van der Waals surface area (Å²) in [5.74, 6) is -0.00777. The van der Waals surface area contributed by atoms with Crippen molar-refractivity contribution in [1.29, 1.82) is 0 Å². The molecule has 2 aliphatic rings. The van der Waals surface area contributed by atoms with Crippen LogP contribution in [0.4, 0.5) is 9.18 Å². The molecule has 1 fully saturated rings.